The number of nitrogens with zero attached hydrogens (tertiary/aromatic N) is 2. The summed E-state index contributed by atoms with van der Waals surface area (Å²) in [6.45, 7) is 4.14. The molecule has 2 aromatic heterocycles. The standard InChI is InChI=1S/C14H18N2O2S2/c1-9-3-4-11(17-9)5-19-6-12-10(2)16-18-14(12)13-7-20-8-15-13/h7-9,11H,3-6H2,1-2H3. The van der Waals surface area contributed by atoms with Crippen LogP contribution in [-0.4, -0.2) is 28.1 Å². The van der Waals surface area contributed by atoms with Crippen molar-refractivity contribution >= 4 is 23.1 Å². The van der Waals surface area contributed by atoms with Gasteiger partial charge >= 0.3 is 0 Å². The third-order valence-electron chi connectivity index (χ3n) is 3.52. The van der Waals surface area contributed by atoms with Crippen LogP contribution in [0.15, 0.2) is 15.4 Å². The first kappa shape index (κ1) is 14.1. The van der Waals surface area contributed by atoms with Crippen LogP contribution < -0.4 is 0 Å². The van der Waals surface area contributed by atoms with Gasteiger partial charge in [-0.15, -0.1) is 11.3 Å². The van der Waals surface area contributed by atoms with E-state index >= 15 is 0 Å². The van der Waals surface area contributed by atoms with Crippen molar-refractivity contribution in [1.82, 2.24) is 10.1 Å². The van der Waals surface area contributed by atoms with Gasteiger partial charge in [-0.3, -0.25) is 0 Å². The topological polar surface area (TPSA) is 48.2 Å². The predicted octanol–water partition coefficient (Wildman–Crippen LogP) is 3.91. The van der Waals surface area contributed by atoms with E-state index in [4.69, 9.17) is 9.26 Å². The molecule has 2 aromatic rings. The van der Waals surface area contributed by atoms with Gasteiger partial charge in [0.25, 0.3) is 0 Å². The van der Waals surface area contributed by atoms with Gasteiger partial charge in [-0.25, -0.2) is 4.98 Å². The molecule has 3 rings (SSSR count). The third-order valence-corrected chi connectivity index (χ3v) is 5.21. The fourth-order valence-corrected chi connectivity index (χ4v) is 4.09. The molecule has 20 heavy (non-hydrogen) atoms. The Hall–Kier alpha value is -0.850. The first-order valence-electron chi connectivity index (χ1n) is 6.81. The highest BCUT2D eigenvalue weighted by Crippen LogP contribution is 2.30. The lowest BCUT2D eigenvalue weighted by Crippen LogP contribution is -2.11. The van der Waals surface area contributed by atoms with E-state index in [-0.39, 0.29) is 0 Å². The lowest BCUT2D eigenvalue weighted by molar-refractivity contribution is 0.0700. The zero-order valence-electron chi connectivity index (χ0n) is 11.7. The van der Waals surface area contributed by atoms with Gasteiger partial charge in [0.05, 0.1) is 23.4 Å². The van der Waals surface area contributed by atoms with Crippen molar-refractivity contribution < 1.29 is 9.26 Å². The molecule has 0 spiro atoms. The lowest BCUT2D eigenvalue weighted by atomic mass is 10.2. The molecule has 0 N–H and O–H groups in total. The number of thiazole rings is 1. The summed E-state index contributed by atoms with van der Waals surface area (Å²) in [5.74, 6) is 2.75. The van der Waals surface area contributed by atoms with Crippen LogP contribution in [0.1, 0.15) is 31.0 Å². The largest absolute Gasteiger partial charge is 0.374 e. The van der Waals surface area contributed by atoms with Gasteiger partial charge in [-0.1, -0.05) is 5.16 Å². The molecule has 2 atom stereocenters. The number of thioether (sulfide) groups is 1. The second kappa shape index (κ2) is 6.28. The summed E-state index contributed by atoms with van der Waals surface area (Å²) in [5, 5.41) is 6.08. The van der Waals surface area contributed by atoms with Crippen molar-refractivity contribution in [2.75, 3.05) is 5.75 Å². The Morgan fingerprint density at radius 2 is 2.35 bits per heavy atom. The molecule has 0 bridgehead atoms. The highest BCUT2D eigenvalue weighted by molar-refractivity contribution is 7.98. The maximum absolute atomic E-state index is 5.84. The second-order valence-electron chi connectivity index (χ2n) is 5.11. The SMILES string of the molecule is Cc1noc(-c2cscn2)c1CSCC1CCC(C)O1. The van der Waals surface area contributed by atoms with Crippen LogP contribution in [0.2, 0.25) is 0 Å². The molecule has 1 saturated heterocycles. The molecule has 0 aliphatic carbocycles. The Morgan fingerprint density at radius 1 is 1.45 bits per heavy atom. The minimum absolute atomic E-state index is 0.401. The van der Waals surface area contributed by atoms with Gasteiger partial charge in [0.1, 0.15) is 5.69 Å². The first-order chi connectivity index (χ1) is 9.74. The molecule has 1 fully saturated rings. The molecule has 2 unspecified atom stereocenters. The van der Waals surface area contributed by atoms with Crippen molar-refractivity contribution in [3.8, 4) is 11.5 Å². The Morgan fingerprint density at radius 3 is 3.05 bits per heavy atom. The number of rotatable bonds is 5. The van der Waals surface area contributed by atoms with Crippen LogP contribution in [0.25, 0.3) is 11.5 Å². The van der Waals surface area contributed by atoms with Crippen LogP contribution in [0.4, 0.5) is 0 Å². The molecular formula is C14H18N2O2S2. The van der Waals surface area contributed by atoms with Crippen molar-refractivity contribution in [3.05, 3.63) is 22.1 Å². The number of aromatic nitrogens is 2. The minimum atomic E-state index is 0.401. The summed E-state index contributed by atoms with van der Waals surface area (Å²) in [6.07, 6.45) is 3.18. The van der Waals surface area contributed by atoms with E-state index in [0.29, 0.717) is 12.2 Å². The van der Waals surface area contributed by atoms with E-state index in [1.54, 1.807) is 11.3 Å². The first-order valence-corrected chi connectivity index (χ1v) is 8.90. The van der Waals surface area contributed by atoms with Crippen molar-refractivity contribution in [2.45, 2.75) is 44.6 Å². The van der Waals surface area contributed by atoms with Crippen LogP contribution in [0.3, 0.4) is 0 Å². The third kappa shape index (κ3) is 3.07. The van der Waals surface area contributed by atoms with E-state index in [1.807, 2.05) is 29.6 Å². The molecule has 108 valence electrons. The molecule has 4 nitrogen and oxygen atoms in total. The van der Waals surface area contributed by atoms with Gasteiger partial charge in [0.2, 0.25) is 0 Å². The van der Waals surface area contributed by atoms with E-state index in [9.17, 15) is 0 Å². The number of aryl methyl sites for hydroxylation is 1. The van der Waals surface area contributed by atoms with E-state index in [1.165, 1.54) is 12.8 Å². The normalized spacial score (nSPS) is 22.5. The fraction of sp³-hybridized carbons (Fsp3) is 0.571. The van der Waals surface area contributed by atoms with Crippen LogP contribution in [-0.2, 0) is 10.5 Å². The molecule has 6 heteroatoms. The molecule has 0 radical (unpaired) electrons. The molecule has 0 aromatic carbocycles. The summed E-state index contributed by atoms with van der Waals surface area (Å²) in [7, 11) is 0. The van der Waals surface area contributed by atoms with Crippen molar-refractivity contribution in [3.63, 3.8) is 0 Å². The summed E-state index contributed by atoms with van der Waals surface area (Å²) in [6, 6.07) is 0. The monoisotopic (exact) mass is 310 g/mol. The molecule has 3 heterocycles. The average molecular weight is 310 g/mol. The van der Waals surface area contributed by atoms with Gasteiger partial charge in [0, 0.05) is 22.4 Å². The molecule has 0 saturated carbocycles. The summed E-state index contributed by atoms with van der Waals surface area (Å²) in [4.78, 5) is 4.31. The predicted molar refractivity (Wildman–Crippen MR) is 82.1 cm³/mol. The summed E-state index contributed by atoms with van der Waals surface area (Å²) in [5.41, 5.74) is 4.82. The quantitative estimate of drug-likeness (QED) is 0.838. The highest BCUT2D eigenvalue weighted by atomic mass is 32.2. The molecule has 0 amide bonds. The van der Waals surface area contributed by atoms with E-state index in [2.05, 4.69) is 17.1 Å². The minimum Gasteiger partial charge on any atom is -0.374 e. The van der Waals surface area contributed by atoms with Crippen LogP contribution in [0, 0.1) is 6.92 Å². The van der Waals surface area contributed by atoms with Crippen molar-refractivity contribution in [2.24, 2.45) is 0 Å². The Bertz CT molecular complexity index is 554. The molecule has 1 aliphatic rings. The maximum atomic E-state index is 5.84. The zero-order valence-corrected chi connectivity index (χ0v) is 13.3. The Labute approximate surface area is 126 Å². The lowest BCUT2D eigenvalue weighted by Gasteiger charge is -2.10. The van der Waals surface area contributed by atoms with Gasteiger partial charge in [0.15, 0.2) is 5.76 Å². The smallest absolute Gasteiger partial charge is 0.190 e. The zero-order chi connectivity index (χ0) is 13.9. The van der Waals surface area contributed by atoms with Crippen LogP contribution >= 0.6 is 23.1 Å². The van der Waals surface area contributed by atoms with Crippen molar-refractivity contribution in [1.29, 1.82) is 0 Å². The molecule has 1 aliphatic heterocycles. The van der Waals surface area contributed by atoms with Gasteiger partial charge < -0.3 is 9.26 Å². The number of hydrogen-bond donors (Lipinski definition) is 0. The Kier molecular flexibility index (Phi) is 4.43. The van der Waals surface area contributed by atoms with E-state index in [0.717, 1.165) is 34.2 Å². The Balaban J connectivity index is 1.61. The molecular weight excluding hydrogens is 292 g/mol. The average Bonchev–Trinajstić information content (AvgIpc) is 3.13. The maximum Gasteiger partial charge on any atom is 0.190 e. The summed E-state index contributed by atoms with van der Waals surface area (Å²) >= 11 is 3.46. The summed E-state index contributed by atoms with van der Waals surface area (Å²) < 4.78 is 11.3. The van der Waals surface area contributed by atoms with Crippen LogP contribution in [0.5, 0.6) is 0 Å². The van der Waals surface area contributed by atoms with Gasteiger partial charge in [-0.2, -0.15) is 11.8 Å². The highest BCUT2D eigenvalue weighted by Gasteiger charge is 2.22. The fourth-order valence-electron chi connectivity index (χ4n) is 2.38. The second-order valence-corrected chi connectivity index (χ2v) is 6.86. The van der Waals surface area contributed by atoms with E-state index < -0.39 is 0 Å². The number of hydrogen-bond acceptors (Lipinski definition) is 6. The van der Waals surface area contributed by atoms with Gasteiger partial charge in [-0.05, 0) is 26.7 Å². The number of ether oxygens (including phenoxy) is 1.